The minimum atomic E-state index is -4.36. The minimum absolute atomic E-state index is 0.0644. The molecule has 1 aliphatic carbocycles. The highest BCUT2D eigenvalue weighted by Crippen LogP contribution is 2.59. The van der Waals surface area contributed by atoms with Crippen LogP contribution in [0.25, 0.3) is 0 Å². The van der Waals surface area contributed by atoms with Crippen molar-refractivity contribution in [3.05, 3.63) is 0 Å². The lowest BCUT2D eigenvalue weighted by Crippen LogP contribution is -2.58. The van der Waals surface area contributed by atoms with Crippen molar-refractivity contribution in [2.24, 2.45) is 5.92 Å². The lowest BCUT2D eigenvalue weighted by Gasteiger charge is -2.42. The molecule has 0 bridgehead atoms. The van der Waals surface area contributed by atoms with Crippen LogP contribution in [0.5, 0.6) is 0 Å². The molecule has 0 aromatic carbocycles. The molecule has 5 nitrogen and oxygen atoms in total. The van der Waals surface area contributed by atoms with E-state index in [1.165, 1.54) is 7.11 Å². The second-order valence-electron chi connectivity index (χ2n) is 6.99. The summed E-state index contributed by atoms with van der Waals surface area (Å²) < 4.78 is 71.4. The second kappa shape index (κ2) is 6.05. The number of methoxy groups -OCH3 is 1. The summed E-state index contributed by atoms with van der Waals surface area (Å²) in [5.74, 6) is -0.385. The summed E-state index contributed by atoms with van der Waals surface area (Å²) in [4.78, 5) is 0. The Labute approximate surface area is 137 Å². The van der Waals surface area contributed by atoms with Gasteiger partial charge in [0.1, 0.15) is 30.1 Å². The maximum atomic E-state index is 14.0. The molecule has 140 valence electrons. The van der Waals surface area contributed by atoms with Crippen LogP contribution in [0.3, 0.4) is 0 Å². The van der Waals surface area contributed by atoms with E-state index in [1.807, 2.05) is 0 Å². The largest absolute Gasteiger partial charge is 0.411 e. The van der Waals surface area contributed by atoms with Gasteiger partial charge >= 0.3 is 6.18 Å². The number of aliphatic hydroxyl groups excluding tert-OH is 1. The molecule has 0 aromatic rings. The van der Waals surface area contributed by atoms with Crippen LogP contribution in [-0.4, -0.2) is 73.9 Å². The Morgan fingerprint density at radius 3 is 2.54 bits per heavy atom. The zero-order chi connectivity index (χ0) is 17.8. The highest BCUT2D eigenvalue weighted by molar-refractivity contribution is 5.20. The van der Waals surface area contributed by atoms with Gasteiger partial charge < -0.3 is 24.1 Å². The molecular formula is C15H22F4O5. The van der Waals surface area contributed by atoms with E-state index in [1.54, 1.807) is 6.92 Å². The third-order valence-electron chi connectivity index (χ3n) is 5.32. The van der Waals surface area contributed by atoms with Crippen molar-refractivity contribution in [3.63, 3.8) is 0 Å². The van der Waals surface area contributed by atoms with Crippen LogP contribution in [0, 0.1) is 5.92 Å². The van der Waals surface area contributed by atoms with Gasteiger partial charge in [-0.05, 0) is 13.3 Å². The van der Waals surface area contributed by atoms with Crippen molar-refractivity contribution < 1.29 is 41.6 Å². The molecule has 24 heavy (non-hydrogen) atoms. The Morgan fingerprint density at radius 1 is 1.33 bits per heavy atom. The van der Waals surface area contributed by atoms with Crippen LogP contribution in [-0.2, 0) is 18.9 Å². The molecule has 3 aliphatic rings. The molecule has 1 spiro atoms. The number of epoxide rings is 2. The molecule has 3 fully saturated rings. The number of rotatable bonds is 6. The van der Waals surface area contributed by atoms with Crippen LogP contribution in [0.4, 0.5) is 17.6 Å². The lowest BCUT2D eigenvalue weighted by molar-refractivity contribution is -0.174. The van der Waals surface area contributed by atoms with E-state index in [9.17, 15) is 22.7 Å². The zero-order valence-corrected chi connectivity index (χ0v) is 13.5. The van der Waals surface area contributed by atoms with Gasteiger partial charge in [0, 0.05) is 20.1 Å². The van der Waals surface area contributed by atoms with Crippen molar-refractivity contribution in [2.45, 2.75) is 61.6 Å². The summed E-state index contributed by atoms with van der Waals surface area (Å²) in [5.41, 5.74) is -1.46. The van der Waals surface area contributed by atoms with Crippen molar-refractivity contribution >= 4 is 0 Å². The first-order chi connectivity index (χ1) is 11.1. The van der Waals surface area contributed by atoms with Crippen molar-refractivity contribution in [1.82, 2.24) is 0 Å². The summed E-state index contributed by atoms with van der Waals surface area (Å²) >= 11 is 0. The van der Waals surface area contributed by atoms with Crippen molar-refractivity contribution in [2.75, 3.05) is 26.9 Å². The second-order valence-corrected chi connectivity index (χ2v) is 6.99. The highest BCUT2D eigenvalue weighted by Gasteiger charge is 2.73. The summed E-state index contributed by atoms with van der Waals surface area (Å²) in [6.07, 6.45) is -7.85. The van der Waals surface area contributed by atoms with Gasteiger partial charge in [-0.15, -0.1) is 0 Å². The SMILES string of the molecule is CO[C@@H]1[C@H](O)[C@@H](F)C[C@]2(CO2)[C@H]1[C@@]1(C)O[C@@H]1CCOCC(F)(F)F. The topological polar surface area (TPSA) is 63.8 Å². The fourth-order valence-electron chi connectivity index (χ4n) is 4.06. The highest BCUT2D eigenvalue weighted by atomic mass is 19.4. The molecule has 2 aliphatic heterocycles. The maximum Gasteiger partial charge on any atom is 0.411 e. The van der Waals surface area contributed by atoms with Gasteiger partial charge in [-0.3, -0.25) is 0 Å². The van der Waals surface area contributed by atoms with Gasteiger partial charge in [-0.25, -0.2) is 4.39 Å². The Balaban J connectivity index is 1.61. The van der Waals surface area contributed by atoms with Gasteiger partial charge in [-0.1, -0.05) is 0 Å². The standard InChI is InChI=1S/C15H22F4O5/c1-13(9(24-13)3-4-22-7-15(17,18)19)12-11(21-2)10(20)8(16)5-14(12)6-23-14/h8-12,20H,3-7H2,1-2H3/t8-,9+,10+,11+,12+,13-,14-/m0/s1. The Kier molecular flexibility index (Phi) is 4.62. The molecule has 0 amide bonds. The van der Waals surface area contributed by atoms with Crippen LogP contribution >= 0.6 is 0 Å². The van der Waals surface area contributed by atoms with Crippen LogP contribution in [0.1, 0.15) is 19.8 Å². The van der Waals surface area contributed by atoms with Gasteiger partial charge in [0.2, 0.25) is 0 Å². The van der Waals surface area contributed by atoms with E-state index in [0.717, 1.165) is 0 Å². The lowest BCUT2D eigenvalue weighted by atomic mass is 9.67. The zero-order valence-electron chi connectivity index (χ0n) is 13.5. The Hall–Kier alpha value is -0.480. The molecule has 7 atom stereocenters. The van der Waals surface area contributed by atoms with Gasteiger partial charge in [0.25, 0.3) is 0 Å². The minimum Gasteiger partial charge on any atom is -0.387 e. The van der Waals surface area contributed by atoms with E-state index in [0.29, 0.717) is 6.61 Å². The van der Waals surface area contributed by atoms with Crippen LogP contribution < -0.4 is 0 Å². The van der Waals surface area contributed by atoms with E-state index in [-0.39, 0.29) is 31.5 Å². The quantitative estimate of drug-likeness (QED) is 0.444. The Morgan fingerprint density at radius 2 is 2.00 bits per heavy atom. The molecule has 2 saturated heterocycles. The monoisotopic (exact) mass is 358 g/mol. The summed E-state index contributed by atoms with van der Waals surface area (Å²) in [6, 6.07) is 0. The number of aliphatic hydroxyl groups is 1. The number of hydrogen-bond donors (Lipinski definition) is 1. The van der Waals surface area contributed by atoms with Gasteiger partial charge in [0.15, 0.2) is 0 Å². The average Bonchev–Trinajstić information content (AvgIpc) is 3.37. The molecule has 2 heterocycles. The molecule has 9 heteroatoms. The fourth-order valence-corrected chi connectivity index (χ4v) is 4.06. The fraction of sp³-hybridized carbons (Fsp3) is 1.00. The first-order valence-corrected chi connectivity index (χ1v) is 7.94. The van der Waals surface area contributed by atoms with Gasteiger partial charge in [0.05, 0.1) is 24.7 Å². The molecule has 1 N–H and O–H groups in total. The number of halogens is 4. The predicted octanol–water partition coefficient (Wildman–Crippen LogP) is 1.62. The normalized spacial score (nSPS) is 47.9. The predicted molar refractivity (Wildman–Crippen MR) is 73.3 cm³/mol. The maximum absolute atomic E-state index is 14.0. The third kappa shape index (κ3) is 3.29. The summed E-state index contributed by atoms with van der Waals surface area (Å²) in [5, 5.41) is 10.1. The average molecular weight is 358 g/mol. The smallest absolute Gasteiger partial charge is 0.387 e. The first kappa shape index (κ1) is 18.3. The van der Waals surface area contributed by atoms with Crippen LogP contribution in [0.15, 0.2) is 0 Å². The molecule has 1 saturated carbocycles. The molecule has 0 aromatic heterocycles. The number of ether oxygens (including phenoxy) is 4. The van der Waals surface area contributed by atoms with Crippen molar-refractivity contribution in [1.29, 1.82) is 0 Å². The molecule has 0 radical (unpaired) electrons. The molecule has 0 unspecified atom stereocenters. The molecule has 3 rings (SSSR count). The number of hydrogen-bond acceptors (Lipinski definition) is 5. The number of alkyl halides is 4. The van der Waals surface area contributed by atoms with Crippen LogP contribution in [0.2, 0.25) is 0 Å². The van der Waals surface area contributed by atoms with E-state index in [2.05, 4.69) is 4.74 Å². The summed E-state index contributed by atoms with van der Waals surface area (Å²) in [6.45, 7) is 0.774. The van der Waals surface area contributed by atoms with Gasteiger partial charge in [-0.2, -0.15) is 13.2 Å². The van der Waals surface area contributed by atoms with Crippen molar-refractivity contribution in [3.8, 4) is 0 Å². The Bertz CT molecular complexity index is 469. The van der Waals surface area contributed by atoms with E-state index >= 15 is 0 Å². The third-order valence-corrected chi connectivity index (χ3v) is 5.32. The summed E-state index contributed by atoms with van der Waals surface area (Å²) in [7, 11) is 1.39. The van der Waals surface area contributed by atoms with E-state index in [4.69, 9.17) is 14.2 Å². The molecular weight excluding hydrogens is 336 g/mol. The van der Waals surface area contributed by atoms with E-state index < -0.39 is 42.4 Å². The first-order valence-electron chi connectivity index (χ1n) is 7.94.